The summed E-state index contributed by atoms with van der Waals surface area (Å²) in [5.74, 6) is -1.66. The van der Waals surface area contributed by atoms with E-state index in [0.717, 1.165) is 11.0 Å². The number of aromatic nitrogens is 3. The van der Waals surface area contributed by atoms with Crippen molar-refractivity contribution in [2.24, 2.45) is 5.73 Å². The molecule has 0 saturated heterocycles. The summed E-state index contributed by atoms with van der Waals surface area (Å²) in [5, 5.41) is 25.5. The molecule has 0 amide bonds. The fourth-order valence-electron chi connectivity index (χ4n) is 0.714. The van der Waals surface area contributed by atoms with E-state index in [0.29, 0.717) is 0 Å². The number of rotatable bonds is 4. The highest BCUT2D eigenvalue weighted by molar-refractivity contribution is 5.72. The van der Waals surface area contributed by atoms with E-state index in [2.05, 4.69) is 10.2 Å². The van der Waals surface area contributed by atoms with Gasteiger partial charge < -0.3 is 21.0 Å². The Hall–Kier alpha value is -2.03. The molecule has 0 bridgehead atoms. The fraction of sp³-hybridized carbons (Fsp3) is 0.400. The van der Waals surface area contributed by atoms with Crippen molar-refractivity contribution in [2.45, 2.75) is 12.6 Å². The summed E-state index contributed by atoms with van der Waals surface area (Å²) in [6, 6.07) is -1.18. The lowest BCUT2D eigenvalue weighted by Gasteiger charge is -2.00. The number of nitro groups is 1. The molecule has 0 aliphatic carbocycles. The molecular formula is C5H7N5O4. The standard InChI is InChI=1S/C5H7N5O4/c6-3(5(11)12)2-9-7-1-4(8-9)10(13)14/h1,3H,2,6H2,(H,11,12). The van der Waals surface area contributed by atoms with Gasteiger partial charge in [-0.15, -0.1) is 5.10 Å². The van der Waals surface area contributed by atoms with Crippen molar-refractivity contribution in [3.63, 3.8) is 0 Å². The Morgan fingerprint density at radius 3 is 2.93 bits per heavy atom. The monoisotopic (exact) mass is 201 g/mol. The first-order valence-electron chi connectivity index (χ1n) is 3.53. The predicted molar refractivity (Wildman–Crippen MR) is 42.3 cm³/mol. The second-order valence-electron chi connectivity index (χ2n) is 2.46. The van der Waals surface area contributed by atoms with Gasteiger partial charge in [-0.2, -0.15) is 0 Å². The summed E-state index contributed by atoms with van der Waals surface area (Å²) in [4.78, 5) is 20.6. The first kappa shape index (κ1) is 10.1. The molecule has 1 aromatic heterocycles. The largest absolute Gasteiger partial charge is 0.480 e. The van der Waals surface area contributed by atoms with Crippen LogP contribution in [0.1, 0.15) is 0 Å². The van der Waals surface area contributed by atoms with Crippen LogP contribution < -0.4 is 5.73 Å². The molecule has 3 N–H and O–H groups in total. The quantitative estimate of drug-likeness (QED) is 0.451. The summed E-state index contributed by atoms with van der Waals surface area (Å²) < 4.78 is 0. The molecule has 0 aliphatic rings. The topological polar surface area (TPSA) is 137 Å². The van der Waals surface area contributed by atoms with Crippen LogP contribution in [0.3, 0.4) is 0 Å². The van der Waals surface area contributed by atoms with Crippen LogP contribution in [-0.4, -0.2) is 37.0 Å². The maximum absolute atomic E-state index is 10.3. The first-order valence-corrected chi connectivity index (χ1v) is 3.53. The maximum Gasteiger partial charge on any atom is 0.410 e. The smallest absolute Gasteiger partial charge is 0.410 e. The van der Waals surface area contributed by atoms with E-state index < -0.39 is 22.8 Å². The molecule has 1 atom stereocenters. The van der Waals surface area contributed by atoms with Gasteiger partial charge in [-0.25, -0.2) is 0 Å². The second kappa shape index (κ2) is 3.79. The van der Waals surface area contributed by atoms with Crippen LogP contribution in [0.5, 0.6) is 0 Å². The Morgan fingerprint density at radius 2 is 2.50 bits per heavy atom. The number of nitrogens with two attached hydrogens (primary N) is 1. The SMILES string of the molecule is NC(Cn1ncc([N+](=O)[O-])n1)C(=O)O. The first-order chi connectivity index (χ1) is 6.50. The minimum absolute atomic E-state index is 0.205. The number of nitrogens with zero attached hydrogens (tertiary/aromatic N) is 4. The molecular weight excluding hydrogens is 194 g/mol. The average molecular weight is 201 g/mol. The normalized spacial score (nSPS) is 12.4. The highest BCUT2D eigenvalue weighted by atomic mass is 16.6. The molecule has 1 unspecified atom stereocenters. The number of hydrogen-bond donors (Lipinski definition) is 2. The molecule has 1 rings (SSSR count). The number of hydrogen-bond acceptors (Lipinski definition) is 6. The summed E-state index contributed by atoms with van der Waals surface area (Å²) in [7, 11) is 0. The molecule has 9 nitrogen and oxygen atoms in total. The maximum atomic E-state index is 10.3. The number of carboxylic acids is 1. The van der Waals surface area contributed by atoms with E-state index in [1.807, 2.05) is 0 Å². The van der Waals surface area contributed by atoms with E-state index >= 15 is 0 Å². The lowest BCUT2D eigenvalue weighted by atomic mass is 10.3. The van der Waals surface area contributed by atoms with Crippen LogP contribution in [0.4, 0.5) is 5.82 Å². The van der Waals surface area contributed by atoms with Crippen molar-refractivity contribution in [3.05, 3.63) is 16.3 Å². The van der Waals surface area contributed by atoms with Gasteiger partial charge in [0.05, 0.1) is 5.10 Å². The number of aliphatic carboxylic acids is 1. The molecule has 0 aromatic carbocycles. The van der Waals surface area contributed by atoms with Crippen molar-refractivity contribution < 1.29 is 14.8 Å². The summed E-state index contributed by atoms with van der Waals surface area (Å²) in [5.41, 5.74) is 5.16. The Labute approximate surface area is 77.3 Å². The van der Waals surface area contributed by atoms with Crippen molar-refractivity contribution >= 4 is 11.8 Å². The van der Waals surface area contributed by atoms with Crippen molar-refractivity contribution in [3.8, 4) is 0 Å². The third-order valence-corrected chi connectivity index (χ3v) is 1.39. The lowest BCUT2D eigenvalue weighted by Crippen LogP contribution is -2.35. The van der Waals surface area contributed by atoms with Crippen LogP contribution >= 0.6 is 0 Å². The molecule has 1 heterocycles. The molecule has 0 radical (unpaired) electrons. The fourth-order valence-corrected chi connectivity index (χ4v) is 0.714. The highest BCUT2D eigenvalue weighted by Crippen LogP contribution is 2.02. The van der Waals surface area contributed by atoms with Crippen LogP contribution in [0, 0.1) is 10.1 Å². The average Bonchev–Trinajstić information content (AvgIpc) is 2.52. The summed E-state index contributed by atoms with van der Waals surface area (Å²) in [6.07, 6.45) is 0.925. The van der Waals surface area contributed by atoms with Crippen molar-refractivity contribution in [2.75, 3.05) is 0 Å². The molecule has 0 aliphatic heterocycles. The Morgan fingerprint density at radius 1 is 1.86 bits per heavy atom. The van der Waals surface area contributed by atoms with E-state index in [1.54, 1.807) is 0 Å². The van der Waals surface area contributed by atoms with Gasteiger partial charge in [0, 0.05) is 0 Å². The number of carbonyl (C=O) groups is 1. The third kappa shape index (κ3) is 2.23. The molecule has 76 valence electrons. The molecule has 0 saturated carbocycles. The molecule has 14 heavy (non-hydrogen) atoms. The van der Waals surface area contributed by atoms with Gasteiger partial charge in [0.1, 0.15) is 12.6 Å². The Bertz CT molecular complexity index is 361. The van der Waals surface area contributed by atoms with Gasteiger partial charge in [0.2, 0.25) is 0 Å². The van der Waals surface area contributed by atoms with Crippen molar-refractivity contribution in [1.29, 1.82) is 0 Å². The lowest BCUT2D eigenvalue weighted by molar-refractivity contribution is -0.389. The zero-order valence-electron chi connectivity index (χ0n) is 6.90. The van der Waals surface area contributed by atoms with Gasteiger partial charge in [-0.05, 0) is 4.92 Å². The van der Waals surface area contributed by atoms with E-state index in [-0.39, 0.29) is 6.54 Å². The van der Waals surface area contributed by atoms with Gasteiger partial charge in [-0.1, -0.05) is 4.80 Å². The Balaban J connectivity index is 2.69. The van der Waals surface area contributed by atoms with E-state index in [1.165, 1.54) is 0 Å². The zero-order valence-corrected chi connectivity index (χ0v) is 6.90. The predicted octanol–water partition coefficient (Wildman–Crippen LogP) is -1.40. The van der Waals surface area contributed by atoms with Crippen LogP contribution in [0.25, 0.3) is 0 Å². The molecule has 0 fully saturated rings. The second-order valence-corrected chi connectivity index (χ2v) is 2.46. The molecule has 9 heteroatoms. The van der Waals surface area contributed by atoms with E-state index in [4.69, 9.17) is 10.8 Å². The van der Waals surface area contributed by atoms with Gasteiger partial charge in [-0.3, -0.25) is 4.79 Å². The van der Waals surface area contributed by atoms with E-state index in [9.17, 15) is 14.9 Å². The summed E-state index contributed by atoms with van der Waals surface area (Å²) in [6.45, 7) is -0.205. The molecule has 0 spiro atoms. The zero-order chi connectivity index (χ0) is 10.7. The van der Waals surface area contributed by atoms with Crippen LogP contribution in [-0.2, 0) is 11.3 Å². The van der Waals surface area contributed by atoms with Crippen LogP contribution in [0.15, 0.2) is 6.20 Å². The van der Waals surface area contributed by atoms with Gasteiger partial charge in [0.15, 0.2) is 6.20 Å². The summed E-state index contributed by atoms with van der Waals surface area (Å²) >= 11 is 0. The number of carboxylic acid groups (broad SMARTS) is 1. The van der Waals surface area contributed by atoms with Gasteiger partial charge >= 0.3 is 11.8 Å². The van der Waals surface area contributed by atoms with Gasteiger partial charge in [0.25, 0.3) is 0 Å². The third-order valence-electron chi connectivity index (χ3n) is 1.39. The van der Waals surface area contributed by atoms with Crippen molar-refractivity contribution in [1.82, 2.24) is 15.0 Å². The molecule has 1 aromatic rings. The minimum atomic E-state index is -1.22. The highest BCUT2D eigenvalue weighted by Gasteiger charge is 2.18. The minimum Gasteiger partial charge on any atom is -0.480 e. The van der Waals surface area contributed by atoms with Crippen LogP contribution in [0.2, 0.25) is 0 Å². The Kier molecular flexibility index (Phi) is 2.72.